The van der Waals surface area contributed by atoms with E-state index in [1.807, 2.05) is 0 Å². The first-order valence-electron chi connectivity index (χ1n) is 1.98. The van der Waals surface area contributed by atoms with E-state index in [1.54, 1.807) is 0 Å². The van der Waals surface area contributed by atoms with Crippen molar-refractivity contribution in [1.29, 1.82) is 0 Å². The van der Waals surface area contributed by atoms with E-state index in [0.29, 0.717) is 16.6 Å². The van der Waals surface area contributed by atoms with Crippen molar-refractivity contribution in [3.63, 3.8) is 0 Å². The number of hydrogen-bond donors (Lipinski definition) is 1. The SMILES string of the molecule is O=Cc1nc[nH]c1Br. The van der Waals surface area contributed by atoms with Crippen LogP contribution in [0.4, 0.5) is 0 Å². The third-order valence-corrected chi connectivity index (χ3v) is 1.37. The average molecular weight is 175 g/mol. The molecule has 3 nitrogen and oxygen atoms in total. The van der Waals surface area contributed by atoms with Crippen LogP contribution in [-0.4, -0.2) is 16.3 Å². The molecule has 0 bridgehead atoms. The summed E-state index contributed by atoms with van der Waals surface area (Å²) in [6.45, 7) is 0. The fourth-order valence-electron chi connectivity index (χ4n) is 0.371. The summed E-state index contributed by atoms with van der Waals surface area (Å²) in [6.07, 6.45) is 2.13. The van der Waals surface area contributed by atoms with Crippen LogP contribution >= 0.6 is 15.9 Å². The average Bonchev–Trinajstić information content (AvgIpc) is 2.14. The zero-order chi connectivity index (χ0) is 5.98. The maximum atomic E-state index is 9.98. The highest BCUT2D eigenvalue weighted by atomic mass is 79.9. The number of H-pyrrole nitrogens is 1. The molecule has 1 aromatic heterocycles. The molecule has 0 aliphatic heterocycles. The maximum absolute atomic E-state index is 9.98. The molecule has 4 heteroatoms. The molecular weight excluding hydrogens is 172 g/mol. The van der Waals surface area contributed by atoms with Gasteiger partial charge in [0.05, 0.1) is 6.33 Å². The fraction of sp³-hybridized carbons (Fsp3) is 0. The van der Waals surface area contributed by atoms with E-state index in [2.05, 4.69) is 25.9 Å². The van der Waals surface area contributed by atoms with Gasteiger partial charge in [-0.25, -0.2) is 4.98 Å². The second-order valence-electron chi connectivity index (χ2n) is 1.22. The number of nitrogens with one attached hydrogen (secondary N) is 1. The third-order valence-electron chi connectivity index (χ3n) is 0.731. The first-order valence-corrected chi connectivity index (χ1v) is 2.78. The molecule has 0 saturated heterocycles. The van der Waals surface area contributed by atoms with E-state index in [9.17, 15) is 4.79 Å². The van der Waals surface area contributed by atoms with Crippen molar-refractivity contribution >= 4 is 22.2 Å². The van der Waals surface area contributed by atoms with Crippen LogP contribution in [0.5, 0.6) is 0 Å². The molecule has 1 N–H and O–H groups in total. The Hall–Kier alpha value is -0.640. The molecule has 0 radical (unpaired) electrons. The molecule has 0 fully saturated rings. The smallest absolute Gasteiger partial charge is 0.171 e. The minimum Gasteiger partial charge on any atom is -0.339 e. The Morgan fingerprint density at radius 1 is 1.88 bits per heavy atom. The maximum Gasteiger partial charge on any atom is 0.171 e. The van der Waals surface area contributed by atoms with Crippen molar-refractivity contribution in [2.24, 2.45) is 0 Å². The van der Waals surface area contributed by atoms with Crippen LogP contribution < -0.4 is 0 Å². The second kappa shape index (κ2) is 2.09. The Kier molecular flexibility index (Phi) is 1.43. The number of rotatable bonds is 1. The molecule has 0 atom stereocenters. The number of carbonyl (C=O) groups is 1. The molecule has 0 saturated carbocycles. The van der Waals surface area contributed by atoms with Crippen molar-refractivity contribution in [3.8, 4) is 0 Å². The highest BCUT2D eigenvalue weighted by Crippen LogP contribution is 2.06. The zero-order valence-electron chi connectivity index (χ0n) is 3.89. The molecule has 1 rings (SSSR count). The van der Waals surface area contributed by atoms with Gasteiger partial charge < -0.3 is 4.98 Å². The van der Waals surface area contributed by atoms with Crippen molar-refractivity contribution in [3.05, 3.63) is 16.6 Å². The molecule has 1 heterocycles. The Labute approximate surface area is 54.3 Å². The molecule has 0 amide bonds. The number of aldehydes is 1. The van der Waals surface area contributed by atoms with Crippen molar-refractivity contribution < 1.29 is 4.79 Å². The van der Waals surface area contributed by atoms with Crippen molar-refractivity contribution in [2.45, 2.75) is 0 Å². The minimum absolute atomic E-state index is 0.407. The first-order chi connectivity index (χ1) is 3.84. The molecule has 0 unspecified atom stereocenters. The predicted octanol–water partition coefficient (Wildman–Crippen LogP) is 0.985. The van der Waals surface area contributed by atoms with Gasteiger partial charge in [-0.15, -0.1) is 0 Å². The normalized spacial score (nSPS) is 9.12. The second-order valence-corrected chi connectivity index (χ2v) is 2.01. The molecular formula is C4H3BrN2O. The molecule has 42 valence electrons. The summed E-state index contributed by atoms with van der Waals surface area (Å²) in [4.78, 5) is 16.3. The van der Waals surface area contributed by atoms with Gasteiger partial charge in [-0.3, -0.25) is 4.79 Å². The quantitative estimate of drug-likeness (QED) is 0.646. The Morgan fingerprint density at radius 3 is 2.88 bits per heavy atom. The van der Waals surface area contributed by atoms with E-state index in [0.717, 1.165) is 0 Å². The van der Waals surface area contributed by atoms with E-state index in [-0.39, 0.29) is 0 Å². The van der Waals surface area contributed by atoms with Crippen LogP contribution in [0, 0.1) is 0 Å². The lowest BCUT2D eigenvalue weighted by Gasteiger charge is -1.75. The van der Waals surface area contributed by atoms with Gasteiger partial charge in [-0.1, -0.05) is 0 Å². The Bertz CT molecular complexity index is 196. The zero-order valence-corrected chi connectivity index (χ0v) is 5.47. The standard InChI is InChI=1S/C4H3BrN2O/c5-4-3(1-8)6-2-7-4/h1-2H,(H,6,7). The summed E-state index contributed by atoms with van der Waals surface area (Å²) in [5.74, 6) is 0. The lowest BCUT2D eigenvalue weighted by molar-refractivity contribution is 0.111. The summed E-state index contributed by atoms with van der Waals surface area (Å²) in [5.41, 5.74) is 0.407. The van der Waals surface area contributed by atoms with Gasteiger partial charge >= 0.3 is 0 Å². The predicted molar refractivity (Wildman–Crippen MR) is 31.7 cm³/mol. The largest absolute Gasteiger partial charge is 0.339 e. The van der Waals surface area contributed by atoms with E-state index in [1.165, 1.54) is 6.33 Å². The van der Waals surface area contributed by atoms with Crippen molar-refractivity contribution in [2.75, 3.05) is 0 Å². The van der Waals surface area contributed by atoms with Gasteiger partial charge in [-0.2, -0.15) is 0 Å². The minimum atomic E-state index is 0.407. The number of halogens is 1. The topological polar surface area (TPSA) is 45.8 Å². The van der Waals surface area contributed by atoms with Gasteiger partial charge in [0.1, 0.15) is 10.3 Å². The summed E-state index contributed by atoms with van der Waals surface area (Å²) in [7, 11) is 0. The number of aromatic amines is 1. The summed E-state index contributed by atoms with van der Waals surface area (Å²) in [5, 5.41) is 0. The molecule has 8 heavy (non-hydrogen) atoms. The fourth-order valence-corrected chi connectivity index (χ4v) is 0.669. The lowest BCUT2D eigenvalue weighted by atomic mass is 10.6. The van der Waals surface area contributed by atoms with Gasteiger partial charge in [-0.05, 0) is 15.9 Å². The number of aromatic nitrogens is 2. The van der Waals surface area contributed by atoms with Gasteiger partial charge in [0.25, 0.3) is 0 Å². The Morgan fingerprint density at radius 2 is 2.62 bits per heavy atom. The molecule has 0 aliphatic carbocycles. The number of hydrogen-bond acceptors (Lipinski definition) is 2. The summed E-state index contributed by atoms with van der Waals surface area (Å²) < 4.78 is 0.632. The molecule has 0 spiro atoms. The summed E-state index contributed by atoms with van der Waals surface area (Å²) in [6, 6.07) is 0. The van der Waals surface area contributed by atoms with Crippen LogP contribution in [0.2, 0.25) is 0 Å². The monoisotopic (exact) mass is 174 g/mol. The molecule has 1 aromatic rings. The Balaban J connectivity index is 3.09. The van der Waals surface area contributed by atoms with Gasteiger partial charge in [0.2, 0.25) is 0 Å². The number of imidazole rings is 1. The number of nitrogens with zero attached hydrogens (tertiary/aromatic N) is 1. The van der Waals surface area contributed by atoms with Gasteiger partial charge in [0, 0.05) is 0 Å². The van der Waals surface area contributed by atoms with Crippen LogP contribution in [0.25, 0.3) is 0 Å². The van der Waals surface area contributed by atoms with E-state index in [4.69, 9.17) is 0 Å². The highest BCUT2D eigenvalue weighted by Gasteiger charge is 1.96. The number of carbonyl (C=O) groups excluding carboxylic acids is 1. The van der Waals surface area contributed by atoms with Crippen LogP contribution in [0.1, 0.15) is 10.5 Å². The van der Waals surface area contributed by atoms with E-state index >= 15 is 0 Å². The van der Waals surface area contributed by atoms with Gasteiger partial charge in [0.15, 0.2) is 6.29 Å². The third kappa shape index (κ3) is 0.790. The summed E-state index contributed by atoms with van der Waals surface area (Å²) >= 11 is 3.08. The van der Waals surface area contributed by atoms with E-state index < -0.39 is 0 Å². The van der Waals surface area contributed by atoms with Crippen molar-refractivity contribution in [1.82, 2.24) is 9.97 Å². The highest BCUT2D eigenvalue weighted by molar-refractivity contribution is 9.10. The first kappa shape index (κ1) is 5.50. The lowest BCUT2D eigenvalue weighted by Crippen LogP contribution is -1.76. The van der Waals surface area contributed by atoms with Crippen LogP contribution in [0.15, 0.2) is 10.9 Å². The van der Waals surface area contributed by atoms with Crippen LogP contribution in [-0.2, 0) is 0 Å². The molecule has 0 aliphatic rings. The molecule has 0 aromatic carbocycles. The van der Waals surface area contributed by atoms with Crippen LogP contribution in [0.3, 0.4) is 0 Å².